The molecule has 0 saturated carbocycles. The third-order valence-corrected chi connectivity index (χ3v) is 5.89. The number of aromatic hydroxyl groups is 1. The van der Waals surface area contributed by atoms with Crippen LogP contribution < -0.4 is 5.32 Å². The van der Waals surface area contributed by atoms with Gasteiger partial charge >= 0.3 is 5.97 Å². The molecule has 0 radical (unpaired) electrons. The van der Waals surface area contributed by atoms with E-state index in [1.54, 1.807) is 27.7 Å². The summed E-state index contributed by atoms with van der Waals surface area (Å²) in [5, 5.41) is 12.2. The zero-order chi connectivity index (χ0) is 22.7. The molecule has 2 aromatic carbocycles. The van der Waals surface area contributed by atoms with E-state index < -0.39 is 40.0 Å². The lowest BCUT2D eigenvalue weighted by Gasteiger charge is -2.20. The molecule has 0 aliphatic rings. The second kappa shape index (κ2) is 8.83. The molecule has 2 N–H and O–H groups in total. The van der Waals surface area contributed by atoms with Crippen molar-refractivity contribution in [2.45, 2.75) is 49.1 Å². The molecule has 0 fully saturated rings. The number of sulfone groups is 1. The molecular formula is C21H24FNO6S. The molecular weight excluding hydrogens is 413 g/mol. The van der Waals surface area contributed by atoms with Gasteiger partial charge < -0.3 is 15.2 Å². The van der Waals surface area contributed by atoms with E-state index in [0.717, 1.165) is 12.1 Å². The van der Waals surface area contributed by atoms with Gasteiger partial charge in [-0.3, -0.25) is 4.79 Å². The Morgan fingerprint density at radius 3 is 2.27 bits per heavy atom. The summed E-state index contributed by atoms with van der Waals surface area (Å²) in [5.41, 5.74) is -0.558. The van der Waals surface area contributed by atoms with E-state index >= 15 is 0 Å². The number of hydrogen-bond donors (Lipinski definition) is 2. The number of carbonyl (C=O) groups excluding carboxylic acids is 2. The minimum absolute atomic E-state index is 0.0919. The van der Waals surface area contributed by atoms with Gasteiger partial charge in [-0.15, -0.1) is 0 Å². The Morgan fingerprint density at radius 2 is 1.73 bits per heavy atom. The average molecular weight is 437 g/mol. The summed E-state index contributed by atoms with van der Waals surface area (Å²) in [4.78, 5) is 23.3. The number of phenols is 1. The van der Waals surface area contributed by atoms with Crippen LogP contribution >= 0.6 is 0 Å². The summed E-state index contributed by atoms with van der Waals surface area (Å²) in [6, 6.07) is 8.47. The van der Waals surface area contributed by atoms with Crippen molar-refractivity contribution >= 4 is 21.7 Å². The number of carbonyl (C=O) groups is 2. The zero-order valence-corrected chi connectivity index (χ0v) is 17.9. The van der Waals surface area contributed by atoms with Gasteiger partial charge in [0.2, 0.25) is 9.84 Å². The number of hydrogen-bond acceptors (Lipinski definition) is 6. The lowest BCUT2D eigenvalue weighted by Crippen LogP contribution is -2.27. The second-order valence-electron chi connectivity index (χ2n) is 7.68. The first-order valence-corrected chi connectivity index (χ1v) is 10.6. The first-order chi connectivity index (χ1) is 13.8. The summed E-state index contributed by atoms with van der Waals surface area (Å²) < 4.78 is 43.9. The SMILES string of the molecule is C[C@H](NC(=O)CF)c1ccc(S(=O)(=O)c2ccc(O)cc2C(=O)OC(C)(C)C)cc1. The van der Waals surface area contributed by atoms with Crippen molar-refractivity contribution < 1.29 is 32.2 Å². The van der Waals surface area contributed by atoms with Crippen molar-refractivity contribution in [2.75, 3.05) is 6.67 Å². The van der Waals surface area contributed by atoms with Crippen LogP contribution in [0.3, 0.4) is 0 Å². The molecule has 9 heteroatoms. The van der Waals surface area contributed by atoms with Crippen LogP contribution in [-0.2, 0) is 19.4 Å². The van der Waals surface area contributed by atoms with E-state index in [-0.39, 0.29) is 21.1 Å². The van der Waals surface area contributed by atoms with Crippen LogP contribution in [0.5, 0.6) is 5.75 Å². The number of alkyl halides is 1. The highest BCUT2D eigenvalue weighted by molar-refractivity contribution is 7.91. The van der Waals surface area contributed by atoms with Crippen molar-refractivity contribution in [3.05, 3.63) is 53.6 Å². The number of ether oxygens (including phenoxy) is 1. The Kier molecular flexibility index (Phi) is 6.87. The Hall–Kier alpha value is -2.94. The molecule has 0 unspecified atom stereocenters. The fraction of sp³-hybridized carbons (Fsp3) is 0.333. The van der Waals surface area contributed by atoms with Gasteiger partial charge in [0, 0.05) is 0 Å². The monoisotopic (exact) mass is 437 g/mol. The predicted octanol–water partition coefficient (Wildman–Crippen LogP) is 3.33. The van der Waals surface area contributed by atoms with E-state index in [0.29, 0.717) is 5.56 Å². The number of phenolic OH excluding ortho intramolecular Hbond substituents is 1. The number of benzene rings is 2. The molecule has 30 heavy (non-hydrogen) atoms. The normalized spacial score (nSPS) is 12.8. The summed E-state index contributed by atoms with van der Waals surface area (Å²) in [6.45, 7) is 5.42. The smallest absolute Gasteiger partial charge is 0.340 e. The molecule has 0 heterocycles. The lowest BCUT2D eigenvalue weighted by molar-refractivity contribution is -0.122. The molecule has 162 valence electrons. The van der Waals surface area contributed by atoms with E-state index in [2.05, 4.69) is 5.32 Å². The molecule has 2 rings (SSSR count). The Balaban J connectivity index is 2.42. The maximum atomic E-state index is 13.1. The van der Waals surface area contributed by atoms with Crippen LogP contribution in [0, 0.1) is 0 Å². The van der Waals surface area contributed by atoms with Gasteiger partial charge in [-0.25, -0.2) is 17.6 Å². The Labute approximate surface area is 174 Å². The van der Waals surface area contributed by atoms with E-state index in [1.165, 1.54) is 30.3 Å². The quantitative estimate of drug-likeness (QED) is 0.671. The molecule has 0 saturated heterocycles. The average Bonchev–Trinajstić information content (AvgIpc) is 2.66. The highest BCUT2D eigenvalue weighted by atomic mass is 32.2. The fourth-order valence-corrected chi connectivity index (χ4v) is 4.10. The summed E-state index contributed by atoms with van der Waals surface area (Å²) in [6.07, 6.45) is 0. The number of nitrogens with one attached hydrogen (secondary N) is 1. The van der Waals surface area contributed by atoms with Crippen molar-refractivity contribution in [1.82, 2.24) is 5.32 Å². The summed E-state index contributed by atoms with van der Waals surface area (Å²) in [5.74, 6) is -1.93. The summed E-state index contributed by atoms with van der Waals surface area (Å²) >= 11 is 0. The van der Waals surface area contributed by atoms with Gasteiger partial charge in [0.1, 0.15) is 11.4 Å². The predicted molar refractivity (Wildman–Crippen MR) is 108 cm³/mol. The number of amides is 1. The van der Waals surface area contributed by atoms with Crippen molar-refractivity contribution in [2.24, 2.45) is 0 Å². The molecule has 0 bridgehead atoms. The second-order valence-corrected chi connectivity index (χ2v) is 9.60. The largest absolute Gasteiger partial charge is 0.508 e. The first kappa shape index (κ1) is 23.3. The van der Waals surface area contributed by atoms with Crippen molar-refractivity contribution in [3.63, 3.8) is 0 Å². The maximum absolute atomic E-state index is 13.1. The fourth-order valence-electron chi connectivity index (χ4n) is 2.67. The van der Waals surface area contributed by atoms with Gasteiger partial charge in [0.25, 0.3) is 5.91 Å². The third kappa shape index (κ3) is 5.56. The highest BCUT2D eigenvalue weighted by Crippen LogP contribution is 2.29. The van der Waals surface area contributed by atoms with Gasteiger partial charge in [-0.1, -0.05) is 12.1 Å². The molecule has 1 amide bonds. The molecule has 0 aliphatic carbocycles. The molecule has 7 nitrogen and oxygen atoms in total. The Morgan fingerprint density at radius 1 is 1.13 bits per heavy atom. The van der Waals surface area contributed by atoms with E-state index in [1.807, 2.05) is 0 Å². The van der Waals surface area contributed by atoms with Crippen LogP contribution in [-0.4, -0.2) is 37.7 Å². The van der Waals surface area contributed by atoms with Gasteiger partial charge in [0.05, 0.1) is 21.4 Å². The Bertz CT molecular complexity index is 1040. The van der Waals surface area contributed by atoms with E-state index in [9.17, 15) is 27.5 Å². The molecule has 0 spiro atoms. The first-order valence-electron chi connectivity index (χ1n) is 9.12. The van der Waals surface area contributed by atoms with Crippen LogP contribution in [0.2, 0.25) is 0 Å². The minimum Gasteiger partial charge on any atom is -0.508 e. The third-order valence-electron chi connectivity index (χ3n) is 4.06. The van der Waals surface area contributed by atoms with Crippen LogP contribution in [0.15, 0.2) is 52.3 Å². The molecule has 1 atom stereocenters. The number of esters is 1. The van der Waals surface area contributed by atoms with E-state index in [4.69, 9.17) is 4.74 Å². The topological polar surface area (TPSA) is 110 Å². The summed E-state index contributed by atoms with van der Waals surface area (Å²) in [7, 11) is -4.12. The van der Waals surface area contributed by atoms with Gasteiger partial charge in [-0.05, 0) is 63.6 Å². The standard InChI is InChI=1S/C21H24FNO6S/c1-13(23-19(25)12-22)14-5-8-16(9-6-14)30(27,28)18-10-7-15(24)11-17(18)20(26)29-21(2,3)4/h5-11,13,24H,12H2,1-4H3,(H,23,25)/t13-/m0/s1. The number of halogens is 1. The minimum atomic E-state index is -4.12. The van der Waals surface area contributed by atoms with Crippen LogP contribution in [0.25, 0.3) is 0 Å². The highest BCUT2D eigenvalue weighted by Gasteiger charge is 2.28. The zero-order valence-electron chi connectivity index (χ0n) is 17.1. The van der Waals surface area contributed by atoms with Gasteiger partial charge in [-0.2, -0.15) is 0 Å². The van der Waals surface area contributed by atoms with Crippen molar-refractivity contribution in [1.29, 1.82) is 0 Å². The van der Waals surface area contributed by atoms with Crippen molar-refractivity contribution in [3.8, 4) is 5.75 Å². The number of rotatable bonds is 6. The lowest BCUT2D eigenvalue weighted by atomic mass is 10.1. The van der Waals surface area contributed by atoms with Crippen LogP contribution in [0.1, 0.15) is 49.7 Å². The molecule has 0 aliphatic heterocycles. The van der Waals surface area contributed by atoms with Crippen LogP contribution in [0.4, 0.5) is 4.39 Å². The molecule has 0 aromatic heterocycles. The maximum Gasteiger partial charge on any atom is 0.340 e. The van der Waals surface area contributed by atoms with Gasteiger partial charge in [0.15, 0.2) is 6.67 Å². The molecule has 2 aromatic rings.